The largest absolute Gasteiger partial charge is 0.284 e. The van der Waals surface area contributed by atoms with E-state index in [2.05, 4.69) is 84.4 Å². The van der Waals surface area contributed by atoms with Gasteiger partial charge < -0.3 is 0 Å². The number of hydrogen-bond donors (Lipinski definition) is 0. The zero-order valence-electron chi connectivity index (χ0n) is 16.8. The standard InChI is InChI=1S/C24H30OS2/c1-26(2,15-13-19-5-7-21-9-11-23(21)17-19)25-27(3,4)16-14-20-6-8-22-10-12-24(22)18-20/h5-8,13-18H,9-12H2,1-4H3/b15-13+,16-14+. The van der Waals surface area contributed by atoms with E-state index in [0.29, 0.717) is 0 Å². The second-order valence-electron chi connectivity index (χ2n) is 8.35. The zero-order chi connectivity index (χ0) is 19.1. The van der Waals surface area contributed by atoms with Crippen LogP contribution in [0.25, 0.3) is 12.2 Å². The monoisotopic (exact) mass is 398 g/mol. The highest BCUT2D eigenvalue weighted by atomic mass is 32.3. The summed E-state index contributed by atoms with van der Waals surface area (Å²) in [6.07, 6.45) is 18.4. The zero-order valence-corrected chi connectivity index (χ0v) is 18.5. The van der Waals surface area contributed by atoms with Gasteiger partial charge in [0.2, 0.25) is 0 Å². The normalized spacial score (nSPS) is 17.3. The minimum atomic E-state index is -1.25. The highest BCUT2D eigenvalue weighted by Gasteiger charge is 2.19. The maximum absolute atomic E-state index is 6.60. The van der Waals surface area contributed by atoms with E-state index in [1.807, 2.05) is 0 Å². The molecule has 0 aliphatic heterocycles. The number of hydrogen-bond acceptors (Lipinski definition) is 1. The lowest BCUT2D eigenvalue weighted by Crippen LogP contribution is -2.07. The third-order valence-electron chi connectivity index (χ3n) is 5.32. The molecule has 1 nitrogen and oxygen atoms in total. The van der Waals surface area contributed by atoms with Crippen LogP contribution in [0, 0.1) is 0 Å². The van der Waals surface area contributed by atoms with Crippen molar-refractivity contribution in [2.24, 2.45) is 0 Å². The summed E-state index contributed by atoms with van der Waals surface area (Å²) in [5.41, 5.74) is 8.64. The molecule has 2 aromatic rings. The van der Waals surface area contributed by atoms with E-state index in [4.69, 9.17) is 3.63 Å². The highest BCUT2D eigenvalue weighted by molar-refractivity contribution is 8.43. The van der Waals surface area contributed by atoms with E-state index in [1.54, 1.807) is 0 Å². The fraction of sp³-hybridized carbons (Fsp3) is 0.333. The van der Waals surface area contributed by atoms with Crippen LogP contribution in [-0.2, 0) is 29.3 Å². The minimum absolute atomic E-state index is 1.23. The van der Waals surface area contributed by atoms with Crippen LogP contribution in [-0.4, -0.2) is 25.0 Å². The van der Waals surface area contributed by atoms with Gasteiger partial charge in [-0.15, -0.1) is 20.6 Å². The first-order chi connectivity index (χ1) is 12.8. The summed E-state index contributed by atoms with van der Waals surface area (Å²) in [6.45, 7) is 0. The third kappa shape index (κ3) is 4.53. The fourth-order valence-corrected chi connectivity index (χ4v) is 8.57. The van der Waals surface area contributed by atoms with Crippen molar-refractivity contribution in [3.05, 3.63) is 80.6 Å². The minimum Gasteiger partial charge on any atom is -0.284 e. The Morgan fingerprint density at radius 3 is 1.37 bits per heavy atom. The average Bonchev–Trinajstić information content (AvgIpc) is 2.54. The quantitative estimate of drug-likeness (QED) is 0.539. The molecule has 0 unspecified atom stereocenters. The van der Waals surface area contributed by atoms with Crippen LogP contribution in [0.3, 0.4) is 0 Å². The molecule has 0 fully saturated rings. The number of rotatable bonds is 6. The summed E-state index contributed by atoms with van der Waals surface area (Å²) >= 11 is 0. The van der Waals surface area contributed by atoms with Crippen LogP contribution in [0.4, 0.5) is 0 Å². The van der Waals surface area contributed by atoms with E-state index in [0.717, 1.165) is 0 Å². The lowest BCUT2D eigenvalue weighted by Gasteiger charge is -2.38. The summed E-state index contributed by atoms with van der Waals surface area (Å²) in [7, 11) is -2.49. The van der Waals surface area contributed by atoms with Crippen LogP contribution >= 0.6 is 20.6 Å². The maximum Gasteiger partial charge on any atom is -0.00815 e. The summed E-state index contributed by atoms with van der Waals surface area (Å²) in [5.74, 6) is 0. The van der Waals surface area contributed by atoms with Gasteiger partial charge in [0.1, 0.15) is 0 Å². The topological polar surface area (TPSA) is 9.23 Å². The molecule has 0 saturated carbocycles. The molecular weight excluding hydrogens is 368 g/mol. The van der Waals surface area contributed by atoms with Crippen molar-refractivity contribution < 1.29 is 3.63 Å². The van der Waals surface area contributed by atoms with Crippen LogP contribution in [0.15, 0.2) is 47.2 Å². The Kier molecular flexibility index (Phi) is 5.04. The second kappa shape index (κ2) is 7.20. The molecular formula is C24H30OS2. The maximum atomic E-state index is 6.60. The molecule has 0 N–H and O–H groups in total. The van der Waals surface area contributed by atoms with Gasteiger partial charge >= 0.3 is 0 Å². The van der Waals surface area contributed by atoms with E-state index >= 15 is 0 Å². The van der Waals surface area contributed by atoms with Crippen molar-refractivity contribution in [2.75, 3.05) is 25.0 Å². The fourth-order valence-electron chi connectivity index (χ4n) is 3.62. The van der Waals surface area contributed by atoms with Crippen molar-refractivity contribution in [3.63, 3.8) is 0 Å². The Hall–Kier alpha value is -1.42. The predicted molar refractivity (Wildman–Crippen MR) is 126 cm³/mol. The first-order valence-electron chi connectivity index (χ1n) is 9.57. The molecule has 0 atom stereocenters. The summed E-state index contributed by atoms with van der Waals surface area (Å²) in [4.78, 5) is 0. The van der Waals surface area contributed by atoms with Gasteiger partial charge in [-0.25, -0.2) is 0 Å². The average molecular weight is 399 g/mol. The van der Waals surface area contributed by atoms with Crippen LogP contribution < -0.4 is 0 Å². The molecule has 144 valence electrons. The SMILES string of the molecule is CS(C)(/C=C/c1ccc2c(c1)CC2)OS(C)(C)/C=C/c1ccc2c(c1)CC2. The predicted octanol–water partition coefficient (Wildman–Crippen LogP) is 6.50. The number of benzene rings is 2. The first-order valence-corrected chi connectivity index (χ1v) is 14.4. The molecule has 2 aliphatic carbocycles. The van der Waals surface area contributed by atoms with Gasteiger partial charge in [0.05, 0.1) is 0 Å². The molecule has 27 heavy (non-hydrogen) atoms. The van der Waals surface area contributed by atoms with Crippen molar-refractivity contribution in [2.45, 2.75) is 25.7 Å². The molecule has 0 spiro atoms. The molecule has 0 aromatic heterocycles. The van der Waals surface area contributed by atoms with Gasteiger partial charge in [0.15, 0.2) is 0 Å². The van der Waals surface area contributed by atoms with E-state index in [9.17, 15) is 0 Å². The molecule has 0 radical (unpaired) electrons. The molecule has 0 heterocycles. The van der Waals surface area contributed by atoms with Crippen molar-refractivity contribution in [1.82, 2.24) is 0 Å². The Morgan fingerprint density at radius 2 is 1.04 bits per heavy atom. The summed E-state index contributed by atoms with van der Waals surface area (Å²) in [6, 6.07) is 13.7. The Labute approximate surface area is 167 Å². The highest BCUT2D eigenvalue weighted by Crippen LogP contribution is 2.59. The van der Waals surface area contributed by atoms with Crippen LogP contribution in [0.1, 0.15) is 33.4 Å². The van der Waals surface area contributed by atoms with Crippen LogP contribution in [0.2, 0.25) is 0 Å². The van der Waals surface area contributed by atoms with Crippen molar-refractivity contribution >= 4 is 32.8 Å². The number of fused-ring (bicyclic) bond motifs is 2. The Balaban J connectivity index is 1.41. The summed E-state index contributed by atoms with van der Waals surface area (Å²) < 4.78 is 6.60. The lowest BCUT2D eigenvalue weighted by molar-refractivity contribution is 0.723. The van der Waals surface area contributed by atoms with E-state index in [1.165, 1.54) is 59.1 Å². The van der Waals surface area contributed by atoms with Gasteiger partial charge in [-0.2, -0.15) is 0 Å². The Bertz CT molecular complexity index is 846. The second-order valence-corrected chi connectivity index (χ2v) is 14.7. The van der Waals surface area contributed by atoms with Crippen molar-refractivity contribution in [1.29, 1.82) is 0 Å². The molecule has 0 bridgehead atoms. The van der Waals surface area contributed by atoms with E-state index < -0.39 is 20.6 Å². The van der Waals surface area contributed by atoms with Gasteiger partial charge in [0.25, 0.3) is 0 Å². The van der Waals surface area contributed by atoms with Gasteiger partial charge in [0, 0.05) is 0 Å². The molecule has 3 heteroatoms. The molecule has 0 amide bonds. The van der Waals surface area contributed by atoms with Gasteiger partial charge in [-0.3, -0.25) is 3.63 Å². The molecule has 2 aromatic carbocycles. The molecule has 0 saturated heterocycles. The number of aryl methyl sites for hydroxylation is 4. The molecule has 2 aliphatic rings. The molecule has 4 rings (SSSR count). The summed E-state index contributed by atoms with van der Waals surface area (Å²) in [5, 5.41) is 4.56. The third-order valence-corrected chi connectivity index (χ3v) is 9.70. The van der Waals surface area contributed by atoms with Gasteiger partial charge in [-0.05, 0) is 107 Å². The lowest BCUT2D eigenvalue weighted by atomic mass is 9.87. The van der Waals surface area contributed by atoms with Crippen LogP contribution in [0.5, 0.6) is 0 Å². The van der Waals surface area contributed by atoms with E-state index in [-0.39, 0.29) is 0 Å². The van der Waals surface area contributed by atoms with Gasteiger partial charge in [-0.1, -0.05) is 36.4 Å². The smallest absolute Gasteiger partial charge is 0.00815 e. The first kappa shape index (κ1) is 18.9. The Morgan fingerprint density at radius 1 is 0.630 bits per heavy atom. The van der Waals surface area contributed by atoms with Crippen molar-refractivity contribution in [3.8, 4) is 0 Å².